The normalized spacial score (nSPS) is 20.1. The van der Waals surface area contributed by atoms with Crippen molar-refractivity contribution in [1.82, 2.24) is 4.90 Å². The van der Waals surface area contributed by atoms with Crippen LogP contribution in [-0.2, 0) is 15.1 Å². The van der Waals surface area contributed by atoms with Gasteiger partial charge < -0.3 is 4.74 Å². The Bertz CT molecular complexity index is 838. The van der Waals surface area contributed by atoms with Gasteiger partial charge in [-0.25, -0.2) is 13.7 Å². The minimum Gasteiger partial charge on any atom is -0.354 e. The van der Waals surface area contributed by atoms with Gasteiger partial charge in [-0.15, -0.1) is 0 Å². The fourth-order valence-electron chi connectivity index (χ4n) is 4.27. The summed E-state index contributed by atoms with van der Waals surface area (Å²) < 4.78 is 33.8. The highest BCUT2D eigenvalue weighted by Crippen LogP contribution is 2.46. The van der Waals surface area contributed by atoms with Crippen molar-refractivity contribution >= 4 is 6.29 Å². The third-order valence-electron chi connectivity index (χ3n) is 5.44. The van der Waals surface area contributed by atoms with Gasteiger partial charge in [0.05, 0.1) is 12.6 Å². The topological polar surface area (TPSA) is 29.5 Å². The number of benzene rings is 3. The van der Waals surface area contributed by atoms with Gasteiger partial charge in [-0.3, -0.25) is 4.79 Å². The first kappa shape index (κ1) is 19.4. The quantitative estimate of drug-likeness (QED) is 0.457. The summed E-state index contributed by atoms with van der Waals surface area (Å²) in [4.78, 5) is 13.4. The van der Waals surface area contributed by atoms with E-state index in [-0.39, 0.29) is 6.61 Å². The molecule has 3 aromatic rings. The van der Waals surface area contributed by atoms with E-state index in [1.54, 1.807) is 0 Å². The zero-order chi connectivity index (χ0) is 20.3. The Labute approximate surface area is 168 Å². The predicted octanol–water partition coefficient (Wildman–Crippen LogP) is 4.47. The van der Waals surface area contributed by atoms with Gasteiger partial charge in [-0.05, 0) is 16.7 Å². The standard InChI is InChI=1S/C24H21F2NO2/c25-23(26)21-17-29-22(16-28)27(21)24(18-10-4-1-5-11-18,19-12-6-2-7-13-19)20-14-8-3-9-15-20/h1-16,21-23H,17H2/t21-,22?/m1/s1. The van der Waals surface area contributed by atoms with E-state index < -0.39 is 24.2 Å². The number of nitrogens with zero attached hydrogens (tertiary/aromatic N) is 1. The van der Waals surface area contributed by atoms with Crippen LogP contribution in [0.2, 0.25) is 0 Å². The van der Waals surface area contributed by atoms with Crippen LogP contribution in [0, 0.1) is 0 Å². The molecule has 4 rings (SSSR count). The van der Waals surface area contributed by atoms with Crippen molar-refractivity contribution < 1.29 is 18.3 Å². The second kappa shape index (κ2) is 8.23. The van der Waals surface area contributed by atoms with Crippen molar-refractivity contribution in [3.63, 3.8) is 0 Å². The molecule has 0 N–H and O–H groups in total. The van der Waals surface area contributed by atoms with Gasteiger partial charge in [0.25, 0.3) is 6.43 Å². The highest BCUT2D eigenvalue weighted by atomic mass is 19.3. The molecule has 0 spiro atoms. The Hall–Kier alpha value is -2.89. The van der Waals surface area contributed by atoms with E-state index in [4.69, 9.17) is 4.74 Å². The van der Waals surface area contributed by atoms with Gasteiger partial charge in [0.2, 0.25) is 0 Å². The monoisotopic (exact) mass is 393 g/mol. The second-order valence-corrected chi connectivity index (χ2v) is 6.98. The van der Waals surface area contributed by atoms with Crippen LogP contribution in [0.25, 0.3) is 0 Å². The van der Waals surface area contributed by atoms with Gasteiger partial charge in [-0.2, -0.15) is 0 Å². The minimum absolute atomic E-state index is 0.213. The molecule has 3 nitrogen and oxygen atoms in total. The zero-order valence-corrected chi connectivity index (χ0v) is 15.7. The maximum atomic E-state index is 14.1. The lowest BCUT2D eigenvalue weighted by Crippen LogP contribution is -2.56. The van der Waals surface area contributed by atoms with E-state index in [0.717, 1.165) is 16.7 Å². The molecule has 0 aliphatic carbocycles. The Morgan fingerprint density at radius 1 is 0.828 bits per heavy atom. The second-order valence-electron chi connectivity index (χ2n) is 6.98. The average molecular weight is 393 g/mol. The molecule has 1 aliphatic rings. The van der Waals surface area contributed by atoms with Gasteiger partial charge >= 0.3 is 0 Å². The van der Waals surface area contributed by atoms with Crippen LogP contribution in [0.5, 0.6) is 0 Å². The molecule has 1 heterocycles. The number of hydrogen-bond acceptors (Lipinski definition) is 3. The molecule has 5 heteroatoms. The molecule has 0 bridgehead atoms. The number of alkyl halides is 2. The van der Waals surface area contributed by atoms with Crippen LogP contribution in [-0.4, -0.2) is 36.5 Å². The highest BCUT2D eigenvalue weighted by Gasteiger charge is 2.54. The molecule has 29 heavy (non-hydrogen) atoms. The van der Waals surface area contributed by atoms with Crippen molar-refractivity contribution in [2.45, 2.75) is 24.2 Å². The minimum atomic E-state index is -2.67. The molecule has 1 saturated heterocycles. The molecular formula is C24H21F2NO2. The lowest BCUT2D eigenvalue weighted by molar-refractivity contribution is -0.125. The number of ether oxygens (including phenoxy) is 1. The molecule has 3 aromatic carbocycles. The third kappa shape index (κ3) is 3.26. The molecule has 0 saturated carbocycles. The predicted molar refractivity (Wildman–Crippen MR) is 107 cm³/mol. The fourth-order valence-corrected chi connectivity index (χ4v) is 4.27. The smallest absolute Gasteiger partial charge is 0.256 e. The summed E-state index contributed by atoms with van der Waals surface area (Å²) in [6, 6.07) is 27.1. The van der Waals surface area contributed by atoms with Crippen LogP contribution >= 0.6 is 0 Å². The first-order valence-corrected chi connectivity index (χ1v) is 9.49. The molecule has 0 aromatic heterocycles. The Morgan fingerprint density at radius 2 is 1.24 bits per heavy atom. The summed E-state index contributed by atoms with van der Waals surface area (Å²) in [6.07, 6.45) is -3.16. The van der Waals surface area contributed by atoms with Gasteiger partial charge in [0.1, 0.15) is 5.54 Å². The Balaban J connectivity index is 2.09. The van der Waals surface area contributed by atoms with Gasteiger partial charge in [0, 0.05) is 0 Å². The fraction of sp³-hybridized carbons (Fsp3) is 0.208. The van der Waals surface area contributed by atoms with Crippen molar-refractivity contribution in [3.05, 3.63) is 108 Å². The van der Waals surface area contributed by atoms with E-state index in [0.29, 0.717) is 6.29 Å². The summed E-state index contributed by atoms with van der Waals surface area (Å²) in [7, 11) is 0. The SMILES string of the molecule is O=CC1OC[C@H](C(F)F)N1C(c1ccccc1)(c1ccccc1)c1ccccc1. The molecule has 1 aliphatic heterocycles. The number of hydrogen-bond donors (Lipinski definition) is 0. The highest BCUT2D eigenvalue weighted by molar-refractivity contribution is 5.59. The van der Waals surface area contributed by atoms with E-state index in [1.807, 2.05) is 91.0 Å². The lowest BCUT2D eigenvalue weighted by Gasteiger charge is -2.46. The van der Waals surface area contributed by atoms with Crippen molar-refractivity contribution in [1.29, 1.82) is 0 Å². The van der Waals surface area contributed by atoms with E-state index in [9.17, 15) is 13.6 Å². The lowest BCUT2D eigenvalue weighted by atomic mass is 9.74. The van der Waals surface area contributed by atoms with Crippen LogP contribution in [0.4, 0.5) is 8.78 Å². The molecular weight excluding hydrogens is 372 g/mol. The Morgan fingerprint density at radius 3 is 1.59 bits per heavy atom. The van der Waals surface area contributed by atoms with Crippen molar-refractivity contribution in [3.8, 4) is 0 Å². The zero-order valence-electron chi connectivity index (χ0n) is 15.7. The van der Waals surface area contributed by atoms with Crippen LogP contribution in [0.3, 0.4) is 0 Å². The summed E-state index contributed by atoms with van der Waals surface area (Å²) in [5, 5.41) is 0. The van der Waals surface area contributed by atoms with E-state index in [2.05, 4.69) is 0 Å². The number of halogens is 2. The molecule has 2 atom stereocenters. The summed E-state index contributed by atoms with van der Waals surface area (Å²) in [5.41, 5.74) is 1.26. The molecule has 0 radical (unpaired) electrons. The maximum Gasteiger partial charge on any atom is 0.256 e. The first-order valence-electron chi connectivity index (χ1n) is 9.49. The largest absolute Gasteiger partial charge is 0.354 e. The molecule has 0 amide bonds. The van der Waals surface area contributed by atoms with Crippen LogP contribution in [0.15, 0.2) is 91.0 Å². The Kier molecular flexibility index (Phi) is 5.51. The van der Waals surface area contributed by atoms with Gasteiger partial charge in [-0.1, -0.05) is 91.0 Å². The molecule has 1 unspecified atom stereocenters. The molecule has 148 valence electrons. The summed E-state index contributed by atoms with van der Waals surface area (Å²) in [6.45, 7) is -0.213. The summed E-state index contributed by atoms with van der Waals surface area (Å²) >= 11 is 0. The number of aldehydes is 1. The third-order valence-corrected chi connectivity index (χ3v) is 5.44. The number of carbonyl (C=O) groups excluding carboxylic acids is 1. The maximum absolute atomic E-state index is 14.1. The van der Waals surface area contributed by atoms with E-state index >= 15 is 0 Å². The average Bonchev–Trinajstić information content (AvgIpc) is 3.21. The number of carbonyl (C=O) groups is 1. The van der Waals surface area contributed by atoms with Crippen molar-refractivity contribution in [2.24, 2.45) is 0 Å². The van der Waals surface area contributed by atoms with Gasteiger partial charge in [0.15, 0.2) is 12.5 Å². The first-order chi connectivity index (χ1) is 14.2. The van der Waals surface area contributed by atoms with Crippen molar-refractivity contribution in [2.75, 3.05) is 6.61 Å². The van der Waals surface area contributed by atoms with Crippen LogP contribution in [0.1, 0.15) is 16.7 Å². The van der Waals surface area contributed by atoms with Crippen LogP contribution < -0.4 is 0 Å². The summed E-state index contributed by atoms with van der Waals surface area (Å²) in [5.74, 6) is 0. The number of rotatable bonds is 6. The van der Waals surface area contributed by atoms with E-state index in [1.165, 1.54) is 4.90 Å². The molecule has 1 fully saturated rings.